The maximum absolute atomic E-state index is 13.5. The Morgan fingerprint density at radius 2 is 1.69 bits per heavy atom. The third-order valence-corrected chi connectivity index (χ3v) is 8.15. The zero-order valence-electron chi connectivity index (χ0n) is 21.0. The number of halogens is 1. The van der Waals surface area contributed by atoms with E-state index < -0.39 is 16.1 Å². The lowest BCUT2D eigenvalue weighted by Gasteiger charge is -2.32. The molecule has 7 nitrogen and oxygen atoms in total. The number of nitrogens with one attached hydrogen (secondary N) is 1. The first-order valence-corrected chi connectivity index (χ1v) is 14.8. The van der Waals surface area contributed by atoms with Crippen LogP contribution < -0.4 is 9.62 Å². The summed E-state index contributed by atoms with van der Waals surface area (Å²) in [4.78, 5) is 28.3. The summed E-state index contributed by atoms with van der Waals surface area (Å²) < 4.78 is 26.1. The Labute approximate surface area is 219 Å². The van der Waals surface area contributed by atoms with Crippen LogP contribution in [0.5, 0.6) is 0 Å². The van der Waals surface area contributed by atoms with Crippen molar-refractivity contribution in [2.75, 3.05) is 17.1 Å². The highest BCUT2D eigenvalue weighted by atomic mass is 35.5. The number of carbonyl (C=O) groups is 2. The summed E-state index contributed by atoms with van der Waals surface area (Å²) in [6, 6.07) is 15.7. The molecule has 3 rings (SSSR count). The van der Waals surface area contributed by atoms with Crippen LogP contribution in [0.15, 0.2) is 54.6 Å². The van der Waals surface area contributed by atoms with Gasteiger partial charge in [0, 0.05) is 30.6 Å². The molecule has 1 fully saturated rings. The van der Waals surface area contributed by atoms with Crippen molar-refractivity contribution >= 4 is 39.1 Å². The molecule has 9 heteroatoms. The first-order valence-electron chi connectivity index (χ1n) is 12.6. The van der Waals surface area contributed by atoms with Gasteiger partial charge >= 0.3 is 0 Å². The van der Waals surface area contributed by atoms with Crippen LogP contribution in [0.3, 0.4) is 0 Å². The maximum atomic E-state index is 13.5. The summed E-state index contributed by atoms with van der Waals surface area (Å²) in [6.45, 7) is 2.27. The molecule has 0 bridgehead atoms. The molecular weight excluding hydrogens is 498 g/mol. The Balaban J connectivity index is 1.75. The Kier molecular flexibility index (Phi) is 10.2. The van der Waals surface area contributed by atoms with E-state index in [0.29, 0.717) is 23.6 Å². The van der Waals surface area contributed by atoms with Crippen molar-refractivity contribution in [3.63, 3.8) is 0 Å². The number of rotatable bonds is 12. The predicted molar refractivity (Wildman–Crippen MR) is 144 cm³/mol. The molecule has 0 unspecified atom stereocenters. The van der Waals surface area contributed by atoms with Crippen LogP contribution >= 0.6 is 11.6 Å². The summed E-state index contributed by atoms with van der Waals surface area (Å²) in [7, 11) is -3.51. The van der Waals surface area contributed by atoms with Crippen molar-refractivity contribution in [3.05, 3.63) is 65.2 Å². The molecule has 2 aromatic rings. The van der Waals surface area contributed by atoms with Gasteiger partial charge < -0.3 is 10.2 Å². The van der Waals surface area contributed by atoms with Gasteiger partial charge in [0.15, 0.2) is 0 Å². The zero-order valence-corrected chi connectivity index (χ0v) is 22.6. The Morgan fingerprint density at radius 1 is 1.06 bits per heavy atom. The van der Waals surface area contributed by atoms with Gasteiger partial charge in [-0.2, -0.15) is 0 Å². The second kappa shape index (κ2) is 13.1. The average Bonchev–Trinajstić information content (AvgIpc) is 3.35. The largest absolute Gasteiger partial charge is 0.352 e. The second-order valence-electron chi connectivity index (χ2n) is 9.30. The van der Waals surface area contributed by atoms with E-state index in [0.717, 1.165) is 37.5 Å². The molecule has 0 aliphatic heterocycles. The molecule has 196 valence electrons. The molecule has 2 amide bonds. The molecule has 0 aromatic heterocycles. The third-order valence-electron chi connectivity index (χ3n) is 6.58. The van der Waals surface area contributed by atoms with E-state index in [1.807, 2.05) is 31.2 Å². The van der Waals surface area contributed by atoms with Crippen molar-refractivity contribution in [2.45, 2.75) is 70.5 Å². The highest BCUT2D eigenvalue weighted by Gasteiger charge is 2.31. The molecule has 0 spiro atoms. The van der Waals surface area contributed by atoms with Crippen molar-refractivity contribution in [3.8, 4) is 0 Å². The van der Waals surface area contributed by atoms with Crippen molar-refractivity contribution in [1.82, 2.24) is 10.2 Å². The molecule has 2 aromatic carbocycles. The minimum absolute atomic E-state index is 0.108. The second-order valence-corrected chi connectivity index (χ2v) is 11.6. The van der Waals surface area contributed by atoms with Crippen molar-refractivity contribution < 1.29 is 18.0 Å². The van der Waals surface area contributed by atoms with Gasteiger partial charge in [0.05, 0.1) is 11.9 Å². The lowest BCUT2D eigenvalue weighted by Crippen LogP contribution is -2.51. The number of carbonyl (C=O) groups excluding carboxylic acids is 2. The van der Waals surface area contributed by atoms with Crippen LogP contribution in [-0.2, 0) is 26.2 Å². The summed E-state index contributed by atoms with van der Waals surface area (Å²) in [6.07, 6.45) is 6.17. The SMILES string of the molecule is CC[C@H](C(=O)NC1CCCC1)N(Cc1ccccc1Cl)C(=O)CCCN(c1ccccc1)S(C)(=O)=O. The van der Waals surface area contributed by atoms with Gasteiger partial charge in [-0.3, -0.25) is 13.9 Å². The molecular formula is C27H36ClN3O4S. The molecule has 0 heterocycles. The molecule has 0 saturated heterocycles. The quantitative estimate of drug-likeness (QED) is 0.426. The van der Waals surface area contributed by atoms with Gasteiger partial charge in [-0.1, -0.05) is 67.8 Å². The average molecular weight is 534 g/mol. The number of hydrogen-bond donors (Lipinski definition) is 1. The fraction of sp³-hybridized carbons (Fsp3) is 0.481. The number of sulfonamides is 1. The van der Waals surface area contributed by atoms with Crippen molar-refractivity contribution in [2.24, 2.45) is 0 Å². The van der Waals surface area contributed by atoms with Gasteiger partial charge in [0.1, 0.15) is 6.04 Å². The van der Waals surface area contributed by atoms with Gasteiger partial charge in [0.25, 0.3) is 0 Å². The first kappa shape index (κ1) is 28.0. The van der Waals surface area contributed by atoms with Crippen LogP contribution in [0, 0.1) is 0 Å². The normalized spacial score (nSPS) is 14.9. The Morgan fingerprint density at radius 3 is 2.31 bits per heavy atom. The number of hydrogen-bond acceptors (Lipinski definition) is 4. The van der Waals surface area contributed by atoms with E-state index in [1.165, 1.54) is 4.31 Å². The van der Waals surface area contributed by atoms with Gasteiger partial charge in [-0.15, -0.1) is 0 Å². The fourth-order valence-electron chi connectivity index (χ4n) is 4.70. The smallest absolute Gasteiger partial charge is 0.243 e. The van der Waals surface area contributed by atoms with Crippen molar-refractivity contribution in [1.29, 1.82) is 0 Å². The minimum atomic E-state index is -3.51. The minimum Gasteiger partial charge on any atom is -0.352 e. The molecule has 1 aliphatic carbocycles. The summed E-state index contributed by atoms with van der Waals surface area (Å²) >= 11 is 6.39. The summed E-state index contributed by atoms with van der Waals surface area (Å²) in [5.74, 6) is -0.350. The molecule has 1 atom stereocenters. The fourth-order valence-corrected chi connectivity index (χ4v) is 5.86. The zero-order chi connectivity index (χ0) is 26.1. The van der Waals surface area contributed by atoms with Crippen LogP contribution in [0.4, 0.5) is 5.69 Å². The van der Waals surface area contributed by atoms with E-state index in [4.69, 9.17) is 11.6 Å². The first-order chi connectivity index (χ1) is 17.2. The highest BCUT2D eigenvalue weighted by Crippen LogP contribution is 2.23. The molecule has 36 heavy (non-hydrogen) atoms. The topological polar surface area (TPSA) is 86.8 Å². The summed E-state index contributed by atoms with van der Waals surface area (Å²) in [5, 5.41) is 3.66. The van der Waals surface area contributed by atoms with Crippen LogP contribution in [0.2, 0.25) is 5.02 Å². The highest BCUT2D eigenvalue weighted by molar-refractivity contribution is 7.92. The Hall–Kier alpha value is -2.58. The number of benzene rings is 2. The molecule has 1 aliphatic rings. The molecule has 1 N–H and O–H groups in total. The van der Waals surface area contributed by atoms with Crippen LogP contribution in [0.1, 0.15) is 57.4 Å². The monoisotopic (exact) mass is 533 g/mol. The van der Waals surface area contributed by atoms with E-state index in [9.17, 15) is 18.0 Å². The standard InChI is InChI=1S/C27H36ClN3O4S/c1-3-25(27(33)29-22-13-8-9-14-22)30(20-21-12-7-10-17-24(21)28)26(32)18-11-19-31(36(2,34)35)23-15-5-4-6-16-23/h4-7,10,12,15-17,22,25H,3,8-9,11,13-14,18-20H2,1-2H3,(H,29,33)/t25-/m1/s1. The number of anilines is 1. The summed E-state index contributed by atoms with van der Waals surface area (Å²) in [5.41, 5.74) is 1.32. The van der Waals surface area contributed by atoms with Gasteiger partial charge in [-0.25, -0.2) is 8.42 Å². The lowest BCUT2D eigenvalue weighted by atomic mass is 10.1. The lowest BCUT2D eigenvalue weighted by molar-refractivity contribution is -0.141. The maximum Gasteiger partial charge on any atom is 0.243 e. The van der Waals surface area contributed by atoms with Crippen LogP contribution in [-0.4, -0.2) is 50.0 Å². The predicted octanol–water partition coefficient (Wildman–Crippen LogP) is 4.75. The van der Waals surface area contributed by atoms with Gasteiger partial charge in [-0.05, 0) is 49.4 Å². The van der Waals surface area contributed by atoms with Gasteiger partial charge in [0.2, 0.25) is 21.8 Å². The van der Waals surface area contributed by atoms with E-state index in [1.54, 1.807) is 35.2 Å². The number of para-hydroxylation sites is 1. The number of nitrogens with zero attached hydrogens (tertiary/aromatic N) is 2. The third kappa shape index (κ3) is 7.71. The van der Waals surface area contributed by atoms with E-state index >= 15 is 0 Å². The Bertz CT molecular complexity index is 1120. The van der Waals surface area contributed by atoms with E-state index in [2.05, 4.69) is 5.32 Å². The number of amides is 2. The van der Waals surface area contributed by atoms with Crippen LogP contribution in [0.25, 0.3) is 0 Å². The molecule has 1 saturated carbocycles. The van der Waals surface area contributed by atoms with E-state index in [-0.39, 0.29) is 37.4 Å². The molecule has 0 radical (unpaired) electrons.